The second-order valence-corrected chi connectivity index (χ2v) is 5.13. The van der Waals surface area contributed by atoms with Crippen LogP contribution in [0.4, 0.5) is 4.39 Å². The number of ether oxygens (including phenoxy) is 1. The van der Waals surface area contributed by atoms with Crippen LogP contribution in [-0.4, -0.2) is 29.5 Å². The molecule has 1 unspecified atom stereocenters. The summed E-state index contributed by atoms with van der Waals surface area (Å²) in [4.78, 5) is 11.2. The predicted octanol–water partition coefficient (Wildman–Crippen LogP) is 1.40. The second kappa shape index (κ2) is 5.03. The number of halogens is 1. The summed E-state index contributed by atoms with van der Waals surface area (Å²) in [7, 11) is 0. The summed E-state index contributed by atoms with van der Waals surface area (Å²) in [6.07, 6.45) is 0. The number of rotatable bonds is 4. The standard InChI is InChI=1S/C11H12FNO3S/c12-8-3-6(10(13)11(14)15)1-2-9(8)17-7-4-16-5-7/h1-3,7,10H,4-5,13H2,(H,14,15). The minimum absolute atomic E-state index is 0.268. The summed E-state index contributed by atoms with van der Waals surface area (Å²) >= 11 is 1.40. The van der Waals surface area contributed by atoms with Gasteiger partial charge in [-0.25, -0.2) is 4.39 Å². The highest BCUT2D eigenvalue weighted by Crippen LogP contribution is 2.31. The van der Waals surface area contributed by atoms with Gasteiger partial charge in [-0.05, 0) is 17.7 Å². The fourth-order valence-electron chi connectivity index (χ4n) is 1.41. The van der Waals surface area contributed by atoms with Crippen molar-refractivity contribution in [3.05, 3.63) is 29.6 Å². The zero-order chi connectivity index (χ0) is 12.4. The lowest BCUT2D eigenvalue weighted by Crippen LogP contribution is -2.30. The van der Waals surface area contributed by atoms with Gasteiger partial charge < -0.3 is 15.6 Å². The molecule has 0 amide bonds. The maximum atomic E-state index is 13.7. The van der Waals surface area contributed by atoms with Gasteiger partial charge in [0.1, 0.15) is 11.9 Å². The molecule has 17 heavy (non-hydrogen) atoms. The van der Waals surface area contributed by atoms with Crippen LogP contribution >= 0.6 is 11.8 Å². The van der Waals surface area contributed by atoms with Gasteiger partial charge in [-0.1, -0.05) is 6.07 Å². The zero-order valence-electron chi connectivity index (χ0n) is 8.93. The van der Waals surface area contributed by atoms with Crippen molar-refractivity contribution in [2.24, 2.45) is 5.73 Å². The van der Waals surface area contributed by atoms with Gasteiger partial charge in [0, 0.05) is 4.90 Å². The molecule has 1 fully saturated rings. The van der Waals surface area contributed by atoms with Gasteiger partial charge in [-0.2, -0.15) is 0 Å². The first-order chi connectivity index (χ1) is 8.08. The predicted molar refractivity (Wildman–Crippen MR) is 61.4 cm³/mol. The van der Waals surface area contributed by atoms with Crippen LogP contribution in [0.15, 0.2) is 23.1 Å². The van der Waals surface area contributed by atoms with E-state index in [2.05, 4.69) is 0 Å². The number of hydrogen-bond donors (Lipinski definition) is 2. The fourth-order valence-corrected chi connectivity index (χ4v) is 2.42. The van der Waals surface area contributed by atoms with Gasteiger partial charge in [-0.15, -0.1) is 11.8 Å². The van der Waals surface area contributed by atoms with Crippen molar-refractivity contribution in [1.29, 1.82) is 0 Å². The highest BCUT2D eigenvalue weighted by Gasteiger charge is 2.22. The van der Waals surface area contributed by atoms with Crippen LogP contribution in [0.1, 0.15) is 11.6 Å². The van der Waals surface area contributed by atoms with Crippen LogP contribution in [-0.2, 0) is 9.53 Å². The minimum Gasteiger partial charge on any atom is -0.480 e. The Morgan fingerprint density at radius 3 is 2.76 bits per heavy atom. The molecule has 4 nitrogen and oxygen atoms in total. The molecule has 2 rings (SSSR count). The molecule has 6 heteroatoms. The van der Waals surface area contributed by atoms with Crippen LogP contribution in [0.25, 0.3) is 0 Å². The number of carbonyl (C=O) groups is 1. The van der Waals surface area contributed by atoms with Crippen molar-refractivity contribution >= 4 is 17.7 Å². The average molecular weight is 257 g/mol. The van der Waals surface area contributed by atoms with E-state index in [1.807, 2.05) is 0 Å². The summed E-state index contributed by atoms with van der Waals surface area (Å²) in [5.41, 5.74) is 5.67. The van der Waals surface area contributed by atoms with E-state index in [1.54, 1.807) is 12.1 Å². The summed E-state index contributed by atoms with van der Waals surface area (Å²) in [5, 5.41) is 9.00. The third kappa shape index (κ3) is 2.77. The summed E-state index contributed by atoms with van der Waals surface area (Å²) in [6, 6.07) is 3.11. The van der Waals surface area contributed by atoms with E-state index in [0.29, 0.717) is 18.1 Å². The van der Waals surface area contributed by atoms with Crippen LogP contribution in [0.2, 0.25) is 0 Å². The van der Waals surface area contributed by atoms with Gasteiger partial charge in [0.05, 0.1) is 18.5 Å². The van der Waals surface area contributed by atoms with E-state index in [4.69, 9.17) is 15.6 Å². The quantitative estimate of drug-likeness (QED) is 0.853. The lowest BCUT2D eigenvalue weighted by molar-refractivity contribution is -0.138. The lowest BCUT2D eigenvalue weighted by atomic mass is 10.1. The number of aliphatic carboxylic acids is 1. The molecule has 1 aliphatic rings. The highest BCUT2D eigenvalue weighted by atomic mass is 32.2. The van der Waals surface area contributed by atoms with Crippen molar-refractivity contribution in [2.75, 3.05) is 13.2 Å². The van der Waals surface area contributed by atoms with Gasteiger partial charge in [0.25, 0.3) is 0 Å². The molecule has 1 aromatic carbocycles. The number of carboxylic acid groups (broad SMARTS) is 1. The molecule has 0 radical (unpaired) electrons. The Morgan fingerprint density at radius 2 is 2.29 bits per heavy atom. The monoisotopic (exact) mass is 257 g/mol. The van der Waals surface area contributed by atoms with Gasteiger partial charge in [-0.3, -0.25) is 4.79 Å². The van der Waals surface area contributed by atoms with E-state index >= 15 is 0 Å². The molecule has 0 bridgehead atoms. The lowest BCUT2D eigenvalue weighted by Gasteiger charge is -2.25. The Balaban J connectivity index is 2.13. The molecular weight excluding hydrogens is 245 g/mol. The van der Waals surface area contributed by atoms with E-state index < -0.39 is 17.8 Å². The minimum atomic E-state index is -1.18. The van der Waals surface area contributed by atoms with Crippen LogP contribution in [0.3, 0.4) is 0 Å². The van der Waals surface area contributed by atoms with E-state index in [-0.39, 0.29) is 10.8 Å². The van der Waals surface area contributed by atoms with E-state index in [1.165, 1.54) is 17.8 Å². The summed E-state index contributed by atoms with van der Waals surface area (Å²) in [5.74, 6) is -1.60. The maximum Gasteiger partial charge on any atom is 0.325 e. The third-order valence-corrected chi connectivity index (χ3v) is 3.67. The number of carboxylic acids is 1. The first-order valence-corrected chi connectivity index (χ1v) is 5.98. The van der Waals surface area contributed by atoms with Gasteiger partial charge in [0.15, 0.2) is 0 Å². The number of benzene rings is 1. The van der Waals surface area contributed by atoms with Crippen molar-refractivity contribution in [3.63, 3.8) is 0 Å². The van der Waals surface area contributed by atoms with Gasteiger partial charge in [0.2, 0.25) is 0 Å². The molecule has 92 valence electrons. The topological polar surface area (TPSA) is 72.6 Å². The largest absolute Gasteiger partial charge is 0.480 e. The highest BCUT2D eigenvalue weighted by molar-refractivity contribution is 8.00. The Bertz CT molecular complexity index is 437. The molecule has 1 aliphatic heterocycles. The van der Waals surface area contributed by atoms with E-state index in [9.17, 15) is 9.18 Å². The molecule has 1 saturated heterocycles. The van der Waals surface area contributed by atoms with Crippen LogP contribution in [0, 0.1) is 5.82 Å². The zero-order valence-corrected chi connectivity index (χ0v) is 9.74. The first kappa shape index (κ1) is 12.3. The molecule has 0 aliphatic carbocycles. The third-order valence-electron chi connectivity index (χ3n) is 2.48. The van der Waals surface area contributed by atoms with Crippen LogP contribution in [0.5, 0.6) is 0 Å². The average Bonchev–Trinajstić information content (AvgIpc) is 2.23. The Labute approximate surface area is 102 Å². The Morgan fingerprint density at radius 1 is 1.59 bits per heavy atom. The molecule has 0 saturated carbocycles. The Kier molecular flexibility index (Phi) is 3.66. The van der Waals surface area contributed by atoms with Crippen molar-refractivity contribution < 1.29 is 19.0 Å². The molecule has 3 N–H and O–H groups in total. The second-order valence-electron chi connectivity index (χ2n) is 3.78. The van der Waals surface area contributed by atoms with Crippen molar-refractivity contribution in [2.45, 2.75) is 16.2 Å². The molecule has 1 atom stereocenters. The summed E-state index contributed by atoms with van der Waals surface area (Å²) in [6.45, 7) is 1.25. The first-order valence-electron chi connectivity index (χ1n) is 5.10. The smallest absolute Gasteiger partial charge is 0.325 e. The number of hydrogen-bond acceptors (Lipinski definition) is 4. The van der Waals surface area contributed by atoms with E-state index in [0.717, 1.165) is 0 Å². The maximum absolute atomic E-state index is 13.7. The number of thioether (sulfide) groups is 1. The van der Waals surface area contributed by atoms with Crippen molar-refractivity contribution in [1.82, 2.24) is 0 Å². The molecule has 0 spiro atoms. The van der Waals surface area contributed by atoms with Gasteiger partial charge >= 0.3 is 5.97 Å². The Hall–Kier alpha value is -1.11. The normalized spacial score (nSPS) is 17.5. The molecule has 1 aromatic rings. The van der Waals surface area contributed by atoms with Crippen molar-refractivity contribution in [3.8, 4) is 0 Å². The number of nitrogens with two attached hydrogens (primary N) is 1. The SMILES string of the molecule is NC(C(=O)O)c1ccc(SC2COC2)c(F)c1. The molecular formula is C11H12FNO3S. The fraction of sp³-hybridized carbons (Fsp3) is 0.364. The molecule has 1 heterocycles. The summed E-state index contributed by atoms with van der Waals surface area (Å²) < 4.78 is 18.7. The molecule has 0 aromatic heterocycles. The van der Waals surface area contributed by atoms with Crippen LogP contribution < -0.4 is 5.73 Å².